The number of anilines is 1. The van der Waals surface area contributed by atoms with E-state index in [2.05, 4.69) is 10.4 Å². The molecule has 3 rings (SSSR count). The van der Waals surface area contributed by atoms with Gasteiger partial charge in [-0.25, -0.2) is 4.68 Å². The first-order chi connectivity index (χ1) is 12.7. The first kappa shape index (κ1) is 17.0. The van der Waals surface area contributed by atoms with Crippen molar-refractivity contribution in [2.24, 2.45) is 0 Å². The highest BCUT2D eigenvalue weighted by atomic mass is 16.5. The fourth-order valence-corrected chi connectivity index (χ4v) is 2.35. The first-order valence-corrected chi connectivity index (χ1v) is 7.87. The van der Waals surface area contributed by atoms with Crippen LogP contribution in [-0.4, -0.2) is 22.8 Å². The lowest BCUT2D eigenvalue weighted by molar-refractivity contribution is -0.112. The highest BCUT2D eigenvalue weighted by Crippen LogP contribution is 2.18. The van der Waals surface area contributed by atoms with Crippen molar-refractivity contribution in [3.8, 4) is 17.5 Å². The number of carbonyl (C=O) groups is 1. The second-order valence-corrected chi connectivity index (χ2v) is 5.41. The minimum absolute atomic E-state index is 0.0135. The van der Waals surface area contributed by atoms with Crippen LogP contribution in [-0.2, 0) is 4.79 Å². The van der Waals surface area contributed by atoms with Gasteiger partial charge in [0.05, 0.1) is 19.0 Å². The molecule has 0 radical (unpaired) electrons. The number of para-hydroxylation sites is 1. The topological polar surface area (TPSA) is 79.9 Å². The summed E-state index contributed by atoms with van der Waals surface area (Å²) in [6.45, 7) is 0. The van der Waals surface area contributed by atoms with Gasteiger partial charge in [-0.3, -0.25) is 4.79 Å². The molecule has 6 nitrogen and oxygen atoms in total. The minimum atomic E-state index is -0.492. The molecule has 0 saturated carbocycles. The van der Waals surface area contributed by atoms with Crippen LogP contribution in [0.15, 0.2) is 72.6 Å². The van der Waals surface area contributed by atoms with Crippen LogP contribution < -0.4 is 10.1 Å². The first-order valence-electron chi connectivity index (χ1n) is 7.87. The predicted octanol–water partition coefficient (Wildman–Crippen LogP) is 3.43. The Labute approximate surface area is 151 Å². The van der Waals surface area contributed by atoms with Crippen molar-refractivity contribution >= 4 is 17.7 Å². The summed E-state index contributed by atoms with van der Waals surface area (Å²) in [5.41, 5.74) is 2.09. The third-order valence-corrected chi connectivity index (χ3v) is 3.63. The molecule has 26 heavy (non-hydrogen) atoms. The fraction of sp³-hybridized carbons (Fsp3) is 0.0500. The molecule has 1 aromatic heterocycles. The Morgan fingerprint density at radius 1 is 1.23 bits per heavy atom. The van der Waals surface area contributed by atoms with Crippen molar-refractivity contribution < 1.29 is 9.53 Å². The zero-order valence-electron chi connectivity index (χ0n) is 14.1. The number of nitriles is 1. The van der Waals surface area contributed by atoms with Gasteiger partial charge in [-0.15, -0.1) is 0 Å². The average Bonchev–Trinajstić information content (AvgIpc) is 3.15. The Hall–Kier alpha value is -3.85. The molecule has 0 bridgehead atoms. The highest BCUT2D eigenvalue weighted by molar-refractivity contribution is 6.09. The third kappa shape index (κ3) is 3.97. The monoisotopic (exact) mass is 344 g/mol. The van der Waals surface area contributed by atoms with Crippen LogP contribution in [0.25, 0.3) is 11.8 Å². The van der Waals surface area contributed by atoms with E-state index in [1.54, 1.807) is 48.5 Å². The van der Waals surface area contributed by atoms with Crippen molar-refractivity contribution in [1.82, 2.24) is 9.78 Å². The van der Waals surface area contributed by atoms with E-state index in [0.717, 1.165) is 5.69 Å². The summed E-state index contributed by atoms with van der Waals surface area (Å²) in [6.07, 6.45) is 4.86. The van der Waals surface area contributed by atoms with E-state index >= 15 is 0 Å². The van der Waals surface area contributed by atoms with E-state index in [-0.39, 0.29) is 5.57 Å². The maximum absolute atomic E-state index is 12.4. The average molecular weight is 344 g/mol. The molecule has 1 heterocycles. The number of ether oxygens (including phenoxy) is 1. The Balaban J connectivity index is 1.79. The lowest BCUT2D eigenvalue weighted by Gasteiger charge is -2.06. The van der Waals surface area contributed by atoms with Gasteiger partial charge in [-0.1, -0.05) is 24.3 Å². The normalized spacial score (nSPS) is 10.8. The van der Waals surface area contributed by atoms with Gasteiger partial charge in [-0.2, -0.15) is 10.4 Å². The van der Waals surface area contributed by atoms with E-state index in [4.69, 9.17) is 4.74 Å². The van der Waals surface area contributed by atoms with Gasteiger partial charge in [0.2, 0.25) is 0 Å². The molecule has 0 aliphatic carbocycles. The number of nitrogens with one attached hydrogen (secondary N) is 1. The van der Waals surface area contributed by atoms with E-state index in [9.17, 15) is 10.1 Å². The molecule has 0 aliphatic rings. The zero-order chi connectivity index (χ0) is 18.4. The number of aromatic nitrogens is 2. The number of nitrogens with zero attached hydrogens (tertiary/aromatic N) is 3. The van der Waals surface area contributed by atoms with Gasteiger partial charge in [0.1, 0.15) is 17.4 Å². The molecule has 0 unspecified atom stereocenters. The van der Waals surface area contributed by atoms with Crippen LogP contribution in [0, 0.1) is 11.3 Å². The van der Waals surface area contributed by atoms with Gasteiger partial charge in [0.25, 0.3) is 5.91 Å². The standard InChI is InChI=1S/C20H16N4O2/c1-26-19-9-5-6-17(11-19)23-20(25)16(12-21)10-15-13-22-24(14-15)18-7-3-2-4-8-18/h2-11,13-14H,1H3,(H,23,25)/b16-10+. The third-order valence-electron chi connectivity index (χ3n) is 3.63. The molecule has 0 fully saturated rings. The molecule has 1 amide bonds. The van der Waals surface area contributed by atoms with Crippen molar-refractivity contribution in [3.05, 3.63) is 78.1 Å². The summed E-state index contributed by atoms with van der Waals surface area (Å²) >= 11 is 0. The number of rotatable bonds is 5. The number of amides is 1. The smallest absolute Gasteiger partial charge is 0.266 e. The summed E-state index contributed by atoms with van der Waals surface area (Å²) < 4.78 is 6.80. The maximum Gasteiger partial charge on any atom is 0.266 e. The highest BCUT2D eigenvalue weighted by Gasteiger charge is 2.11. The molecule has 0 spiro atoms. The Kier molecular flexibility index (Phi) is 5.11. The number of hydrogen-bond acceptors (Lipinski definition) is 4. The Bertz CT molecular complexity index is 984. The van der Waals surface area contributed by atoms with Gasteiger partial charge < -0.3 is 10.1 Å². The summed E-state index contributed by atoms with van der Waals surface area (Å²) in [4.78, 5) is 12.4. The van der Waals surface area contributed by atoms with Crippen LogP contribution in [0.3, 0.4) is 0 Å². The van der Waals surface area contributed by atoms with Crippen molar-refractivity contribution in [3.63, 3.8) is 0 Å². The van der Waals surface area contributed by atoms with Crippen LogP contribution in [0.5, 0.6) is 5.75 Å². The van der Waals surface area contributed by atoms with Gasteiger partial charge in [0.15, 0.2) is 0 Å². The van der Waals surface area contributed by atoms with Crippen LogP contribution in [0.1, 0.15) is 5.56 Å². The van der Waals surface area contributed by atoms with Gasteiger partial charge in [0, 0.05) is 23.5 Å². The molecule has 0 aliphatic heterocycles. The zero-order valence-corrected chi connectivity index (χ0v) is 14.1. The van der Waals surface area contributed by atoms with E-state index in [0.29, 0.717) is 17.0 Å². The number of hydrogen-bond donors (Lipinski definition) is 1. The quantitative estimate of drug-likeness (QED) is 0.568. The van der Waals surface area contributed by atoms with Crippen LogP contribution in [0.2, 0.25) is 0 Å². The summed E-state index contributed by atoms with van der Waals surface area (Å²) in [7, 11) is 1.55. The molecule has 6 heteroatoms. The van der Waals surface area contributed by atoms with Gasteiger partial charge >= 0.3 is 0 Å². The minimum Gasteiger partial charge on any atom is -0.497 e. The van der Waals surface area contributed by atoms with Crippen LogP contribution in [0.4, 0.5) is 5.69 Å². The van der Waals surface area contributed by atoms with Gasteiger partial charge in [-0.05, 0) is 30.3 Å². The molecule has 2 aromatic carbocycles. The van der Waals surface area contributed by atoms with E-state index < -0.39 is 5.91 Å². The molecule has 3 aromatic rings. The van der Waals surface area contributed by atoms with Crippen molar-refractivity contribution in [2.45, 2.75) is 0 Å². The molecule has 0 atom stereocenters. The molecule has 128 valence electrons. The Morgan fingerprint density at radius 2 is 2.04 bits per heavy atom. The van der Waals surface area contributed by atoms with Crippen molar-refractivity contribution in [2.75, 3.05) is 12.4 Å². The van der Waals surface area contributed by atoms with E-state index in [1.165, 1.54) is 6.08 Å². The molecular formula is C20H16N4O2. The SMILES string of the molecule is COc1cccc(NC(=O)/C(C#N)=C/c2cnn(-c3ccccc3)c2)c1. The number of carbonyl (C=O) groups excluding carboxylic acids is 1. The van der Waals surface area contributed by atoms with E-state index in [1.807, 2.05) is 36.4 Å². The molecule has 1 N–H and O–H groups in total. The Morgan fingerprint density at radius 3 is 2.77 bits per heavy atom. The summed E-state index contributed by atoms with van der Waals surface area (Å²) in [6, 6.07) is 18.4. The second kappa shape index (κ2) is 7.81. The fourth-order valence-electron chi connectivity index (χ4n) is 2.35. The second-order valence-electron chi connectivity index (χ2n) is 5.41. The number of benzene rings is 2. The van der Waals surface area contributed by atoms with Crippen molar-refractivity contribution in [1.29, 1.82) is 5.26 Å². The maximum atomic E-state index is 12.4. The molecule has 0 saturated heterocycles. The largest absolute Gasteiger partial charge is 0.497 e. The summed E-state index contributed by atoms with van der Waals surface area (Å²) in [5, 5.41) is 16.3. The van der Waals surface area contributed by atoms with Crippen LogP contribution >= 0.6 is 0 Å². The predicted molar refractivity (Wildman–Crippen MR) is 98.8 cm³/mol. The lowest BCUT2D eigenvalue weighted by Crippen LogP contribution is -2.13. The number of methoxy groups -OCH3 is 1. The summed E-state index contributed by atoms with van der Waals surface area (Å²) in [5.74, 6) is 0.127. The lowest BCUT2D eigenvalue weighted by atomic mass is 10.2. The molecular weight excluding hydrogens is 328 g/mol.